The summed E-state index contributed by atoms with van der Waals surface area (Å²) in [6, 6.07) is 3.28. The average Bonchev–Trinajstić information content (AvgIpc) is 2.74. The zero-order valence-electron chi connectivity index (χ0n) is 8.38. The maximum absolute atomic E-state index is 6.00. The molecule has 0 aliphatic carbocycles. The van der Waals surface area contributed by atoms with Crippen LogP contribution in [0.4, 0.5) is 0 Å². The molecule has 0 fully saturated rings. The molecule has 0 N–H and O–H groups in total. The summed E-state index contributed by atoms with van der Waals surface area (Å²) in [6.45, 7) is 0. The Kier molecular flexibility index (Phi) is 2.42. The first-order valence-corrected chi connectivity index (χ1v) is 5.48. The van der Waals surface area contributed by atoms with Gasteiger partial charge in [0, 0.05) is 24.5 Å². The predicted octanol–water partition coefficient (Wildman–Crippen LogP) is 2.49. The van der Waals surface area contributed by atoms with Crippen LogP contribution in [0, 0.1) is 0 Å². The zero-order valence-corrected chi connectivity index (χ0v) is 9.89. The molecule has 0 saturated heterocycles. The molecule has 0 bridgehead atoms. The molecular formula is C10H5Cl2N5. The van der Waals surface area contributed by atoms with Gasteiger partial charge in [0.1, 0.15) is 21.7 Å². The second kappa shape index (κ2) is 3.94. The Morgan fingerprint density at radius 3 is 2.71 bits per heavy atom. The van der Waals surface area contributed by atoms with Crippen LogP contribution in [0.1, 0.15) is 0 Å². The Morgan fingerprint density at radius 2 is 1.94 bits per heavy atom. The quantitative estimate of drug-likeness (QED) is 0.635. The lowest BCUT2D eigenvalue weighted by Crippen LogP contribution is -1.92. The van der Waals surface area contributed by atoms with Crippen molar-refractivity contribution in [3.05, 3.63) is 41.0 Å². The summed E-state index contributed by atoms with van der Waals surface area (Å²) in [5.74, 6) is 0. The van der Waals surface area contributed by atoms with Crippen molar-refractivity contribution in [3.8, 4) is 11.4 Å². The number of aromatic nitrogens is 5. The average molecular weight is 266 g/mol. The molecule has 0 aromatic carbocycles. The first-order valence-electron chi connectivity index (χ1n) is 4.72. The highest BCUT2D eigenvalue weighted by Crippen LogP contribution is 2.21. The van der Waals surface area contributed by atoms with Gasteiger partial charge in [0.2, 0.25) is 0 Å². The summed E-state index contributed by atoms with van der Waals surface area (Å²) in [4.78, 5) is 12.3. The minimum Gasteiger partial charge on any atom is -0.261 e. The Morgan fingerprint density at radius 1 is 1.06 bits per heavy atom. The molecule has 84 valence electrons. The fraction of sp³-hybridized carbons (Fsp3) is 0. The lowest BCUT2D eigenvalue weighted by molar-refractivity contribution is 0.940. The molecule has 0 aliphatic rings. The standard InChI is InChI=1S/C10H5Cl2N5/c11-8-4-9(12)17-10(15-8)3-6(16-17)7-5-13-1-2-14-7/h1-5H. The van der Waals surface area contributed by atoms with Crippen LogP contribution >= 0.6 is 23.2 Å². The molecule has 0 unspecified atom stereocenters. The monoisotopic (exact) mass is 265 g/mol. The van der Waals surface area contributed by atoms with E-state index in [1.165, 1.54) is 10.6 Å². The van der Waals surface area contributed by atoms with E-state index in [0.717, 1.165) is 0 Å². The van der Waals surface area contributed by atoms with Crippen LogP contribution in [0.25, 0.3) is 17.0 Å². The molecule has 3 heterocycles. The van der Waals surface area contributed by atoms with E-state index in [1.807, 2.05) is 0 Å². The topological polar surface area (TPSA) is 56.0 Å². The Labute approximate surface area is 106 Å². The molecular weight excluding hydrogens is 261 g/mol. The van der Waals surface area contributed by atoms with Crippen LogP contribution in [-0.2, 0) is 0 Å². The van der Waals surface area contributed by atoms with Crippen molar-refractivity contribution in [1.29, 1.82) is 0 Å². The van der Waals surface area contributed by atoms with Gasteiger partial charge >= 0.3 is 0 Å². The second-order valence-electron chi connectivity index (χ2n) is 3.29. The molecule has 0 amide bonds. The summed E-state index contributed by atoms with van der Waals surface area (Å²) in [5.41, 5.74) is 1.88. The molecule has 0 aliphatic heterocycles. The molecule has 17 heavy (non-hydrogen) atoms. The van der Waals surface area contributed by atoms with Crippen molar-refractivity contribution in [2.45, 2.75) is 0 Å². The van der Waals surface area contributed by atoms with Gasteiger partial charge in [-0.2, -0.15) is 5.10 Å². The summed E-state index contributed by atoms with van der Waals surface area (Å²) < 4.78 is 1.50. The Balaban J connectivity index is 2.24. The van der Waals surface area contributed by atoms with Gasteiger partial charge in [-0.15, -0.1) is 0 Å². The first kappa shape index (κ1) is 10.4. The van der Waals surface area contributed by atoms with Crippen LogP contribution < -0.4 is 0 Å². The van der Waals surface area contributed by atoms with Gasteiger partial charge in [0.25, 0.3) is 0 Å². The van der Waals surface area contributed by atoms with Crippen LogP contribution in [0.2, 0.25) is 10.3 Å². The fourth-order valence-corrected chi connectivity index (χ4v) is 1.94. The summed E-state index contributed by atoms with van der Waals surface area (Å²) in [5, 5.41) is 5.01. The zero-order chi connectivity index (χ0) is 11.8. The third-order valence-corrected chi connectivity index (χ3v) is 2.64. The van der Waals surface area contributed by atoms with Gasteiger partial charge in [-0.25, -0.2) is 9.50 Å². The number of nitrogens with zero attached hydrogens (tertiary/aromatic N) is 5. The molecule has 3 aromatic rings. The lowest BCUT2D eigenvalue weighted by atomic mass is 10.3. The van der Waals surface area contributed by atoms with E-state index in [0.29, 0.717) is 27.3 Å². The van der Waals surface area contributed by atoms with E-state index in [9.17, 15) is 0 Å². The number of halogens is 2. The molecule has 3 rings (SSSR count). The third-order valence-electron chi connectivity index (χ3n) is 2.18. The third kappa shape index (κ3) is 1.83. The van der Waals surface area contributed by atoms with Gasteiger partial charge in [0.15, 0.2) is 5.65 Å². The summed E-state index contributed by atoms with van der Waals surface area (Å²) in [6.07, 6.45) is 4.82. The van der Waals surface area contributed by atoms with E-state index in [-0.39, 0.29) is 0 Å². The van der Waals surface area contributed by atoms with Crippen molar-refractivity contribution in [3.63, 3.8) is 0 Å². The largest absolute Gasteiger partial charge is 0.261 e. The highest BCUT2D eigenvalue weighted by Gasteiger charge is 2.09. The Hall–Kier alpha value is -1.72. The normalized spacial score (nSPS) is 10.9. The highest BCUT2D eigenvalue weighted by atomic mass is 35.5. The molecule has 0 radical (unpaired) electrons. The van der Waals surface area contributed by atoms with Crippen molar-refractivity contribution < 1.29 is 0 Å². The minimum atomic E-state index is 0.327. The van der Waals surface area contributed by atoms with E-state index in [2.05, 4.69) is 20.1 Å². The number of rotatable bonds is 1. The van der Waals surface area contributed by atoms with Crippen LogP contribution in [0.5, 0.6) is 0 Å². The van der Waals surface area contributed by atoms with E-state index in [1.54, 1.807) is 24.7 Å². The van der Waals surface area contributed by atoms with Crippen LogP contribution in [0.3, 0.4) is 0 Å². The highest BCUT2D eigenvalue weighted by molar-refractivity contribution is 6.33. The van der Waals surface area contributed by atoms with Crippen molar-refractivity contribution in [2.24, 2.45) is 0 Å². The molecule has 0 spiro atoms. The molecule has 3 aromatic heterocycles. The number of hydrogen-bond donors (Lipinski definition) is 0. The second-order valence-corrected chi connectivity index (χ2v) is 4.07. The van der Waals surface area contributed by atoms with Crippen molar-refractivity contribution in [2.75, 3.05) is 0 Å². The van der Waals surface area contributed by atoms with Gasteiger partial charge in [-0.1, -0.05) is 23.2 Å². The van der Waals surface area contributed by atoms with E-state index in [4.69, 9.17) is 23.2 Å². The molecule has 0 atom stereocenters. The smallest absolute Gasteiger partial charge is 0.159 e. The maximum Gasteiger partial charge on any atom is 0.159 e. The van der Waals surface area contributed by atoms with Gasteiger partial charge in [-0.3, -0.25) is 9.97 Å². The molecule has 5 nitrogen and oxygen atoms in total. The minimum absolute atomic E-state index is 0.327. The summed E-state index contributed by atoms with van der Waals surface area (Å²) in [7, 11) is 0. The van der Waals surface area contributed by atoms with E-state index >= 15 is 0 Å². The molecule has 0 saturated carbocycles. The van der Waals surface area contributed by atoms with Gasteiger partial charge < -0.3 is 0 Å². The maximum atomic E-state index is 6.00. The van der Waals surface area contributed by atoms with Crippen LogP contribution in [-0.4, -0.2) is 24.6 Å². The SMILES string of the molecule is Clc1cc(Cl)n2nc(-c3cnccn3)cc2n1. The number of hydrogen-bond acceptors (Lipinski definition) is 4. The lowest BCUT2D eigenvalue weighted by Gasteiger charge is -1.95. The van der Waals surface area contributed by atoms with Gasteiger partial charge in [0.05, 0.1) is 6.20 Å². The Bertz CT molecular complexity index is 680. The number of fused-ring (bicyclic) bond motifs is 1. The van der Waals surface area contributed by atoms with Crippen LogP contribution in [0.15, 0.2) is 30.7 Å². The van der Waals surface area contributed by atoms with Gasteiger partial charge in [-0.05, 0) is 0 Å². The van der Waals surface area contributed by atoms with Crippen molar-refractivity contribution >= 4 is 28.8 Å². The van der Waals surface area contributed by atoms with Crippen molar-refractivity contribution in [1.82, 2.24) is 24.6 Å². The first-order chi connectivity index (χ1) is 8.24. The van der Waals surface area contributed by atoms with E-state index < -0.39 is 0 Å². The summed E-state index contributed by atoms with van der Waals surface area (Å²) >= 11 is 11.8. The fourth-order valence-electron chi connectivity index (χ4n) is 1.47. The predicted molar refractivity (Wildman–Crippen MR) is 64.0 cm³/mol. The molecule has 7 heteroatoms.